The smallest absolute Gasteiger partial charge is 0.191 e. The Kier molecular flexibility index (Phi) is 8.44. The average molecular weight is 415 g/mol. The lowest BCUT2D eigenvalue weighted by molar-refractivity contribution is 0.321. The van der Waals surface area contributed by atoms with Crippen LogP contribution in [0.1, 0.15) is 31.1 Å². The van der Waals surface area contributed by atoms with Crippen molar-refractivity contribution in [2.24, 2.45) is 4.99 Å². The molecular weight excluding hydrogens is 380 g/mol. The van der Waals surface area contributed by atoms with Crippen LogP contribution in [0.2, 0.25) is 0 Å². The van der Waals surface area contributed by atoms with Gasteiger partial charge in [-0.2, -0.15) is 0 Å². The van der Waals surface area contributed by atoms with Crippen LogP contribution in [0.4, 0.5) is 0 Å². The van der Waals surface area contributed by atoms with Gasteiger partial charge >= 0.3 is 0 Å². The molecule has 164 valence electrons. The zero-order valence-electron chi connectivity index (χ0n) is 18.3. The lowest BCUT2D eigenvalue weighted by Crippen LogP contribution is -2.45. The van der Waals surface area contributed by atoms with Gasteiger partial charge < -0.3 is 24.5 Å². The van der Waals surface area contributed by atoms with Crippen LogP contribution in [0.25, 0.3) is 0 Å². The van der Waals surface area contributed by atoms with Gasteiger partial charge in [-0.25, -0.2) is 0 Å². The SMILES string of the molecule is CCCN=C(NCCc1ccco1)NC1CCN(Cc2cc(OC)cc(OC)c2)C1. The summed E-state index contributed by atoms with van der Waals surface area (Å²) in [7, 11) is 3.37. The lowest BCUT2D eigenvalue weighted by atomic mass is 10.2. The predicted molar refractivity (Wildman–Crippen MR) is 119 cm³/mol. The highest BCUT2D eigenvalue weighted by Crippen LogP contribution is 2.24. The molecule has 2 heterocycles. The fraction of sp³-hybridized carbons (Fsp3) is 0.522. The van der Waals surface area contributed by atoms with Crippen molar-refractivity contribution in [1.82, 2.24) is 15.5 Å². The molecule has 1 atom stereocenters. The summed E-state index contributed by atoms with van der Waals surface area (Å²) in [5.41, 5.74) is 1.20. The maximum absolute atomic E-state index is 5.41. The van der Waals surface area contributed by atoms with E-state index >= 15 is 0 Å². The minimum Gasteiger partial charge on any atom is -0.497 e. The molecule has 2 N–H and O–H groups in total. The molecule has 1 saturated heterocycles. The largest absolute Gasteiger partial charge is 0.497 e. The Balaban J connectivity index is 1.51. The minimum atomic E-state index is 0.379. The molecule has 0 bridgehead atoms. The zero-order chi connectivity index (χ0) is 21.2. The molecule has 2 aromatic rings. The lowest BCUT2D eigenvalue weighted by Gasteiger charge is -2.19. The van der Waals surface area contributed by atoms with Gasteiger partial charge in [0.25, 0.3) is 0 Å². The first-order valence-electron chi connectivity index (χ1n) is 10.7. The number of hydrogen-bond donors (Lipinski definition) is 2. The Labute approximate surface area is 179 Å². The van der Waals surface area contributed by atoms with E-state index in [2.05, 4.69) is 34.6 Å². The number of likely N-dealkylation sites (tertiary alicyclic amines) is 1. The molecule has 1 aromatic heterocycles. The number of rotatable bonds is 10. The number of methoxy groups -OCH3 is 2. The second-order valence-electron chi connectivity index (χ2n) is 7.57. The number of nitrogens with zero attached hydrogens (tertiary/aromatic N) is 2. The van der Waals surface area contributed by atoms with Gasteiger partial charge in [0.2, 0.25) is 0 Å². The summed E-state index contributed by atoms with van der Waals surface area (Å²) in [5.74, 6) is 3.53. The van der Waals surface area contributed by atoms with Crippen LogP contribution in [0.5, 0.6) is 11.5 Å². The topological polar surface area (TPSA) is 71.3 Å². The summed E-state index contributed by atoms with van der Waals surface area (Å²) in [6, 6.07) is 10.4. The molecule has 1 unspecified atom stereocenters. The van der Waals surface area contributed by atoms with E-state index in [9.17, 15) is 0 Å². The molecule has 3 rings (SSSR count). The normalized spacial score (nSPS) is 17.2. The standard InChI is InChI=1S/C23H34N4O3/c1-4-9-24-23(25-10-7-20-6-5-12-30-20)26-19-8-11-27(17-19)16-18-13-21(28-2)15-22(14-18)29-3/h5-6,12-15,19H,4,7-11,16-17H2,1-3H3,(H2,24,25,26). The average Bonchev–Trinajstić information content (AvgIpc) is 3.43. The first-order chi connectivity index (χ1) is 14.7. The molecule has 1 fully saturated rings. The van der Waals surface area contributed by atoms with E-state index in [0.717, 1.165) is 75.2 Å². The van der Waals surface area contributed by atoms with E-state index < -0.39 is 0 Å². The van der Waals surface area contributed by atoms with E-state index in [0.29, 0.717) is 6.04 Å². The number of guanidine groups is 1. The fourth-order valence-electron chi connectivity index (χ4n) is 3.64. The highest BCUT2D eigenvalue weighted by atomic mass is 16.5. The molecule has 0 amide bonds. The first-order valence-corrected chi connectivity index (χ1v) is 10.7. The van der Waals surface area contributed by atoms with Crippen molar-refractivity contribution in [2.75, 3.05) is 40.4 Å². The van der Waals surface area contributed by atoms with Crippen molar-refractivity contribution < 1.29 is 13.9 Å². The molecule has 0 aliphatic carbocycles. The number of benzene rings is 1. The molecule has 0 saturated carbocycles. The molecule has 30 heavy (non-hydrogen) atoms. The summed E-state index contributed by atoms with van der Waals surface area (Å²) >= 11 is 0. The quantitative estimate of drug-likeness (QED) is 0.460. The Bertz CT molecular complexity index is 770. The maximum Gasteiger partial charge on any atom is 0.191 e. The van der Waals surface area contributed by atoms with Crippen molar-refractivity contribution >= 4 is 5.96 Å². The van der Waals surface area contributed by atoms with Crippen molar-refractivity contribution in [3.05, 3.63) is 47.9 Å². The highest BCUT2D eigenvalue weighted by molar-refractivity contribution is 5.80. The monoisotopic (exact) mass is 414 g/mol. The summed E-state index contributed by atoms with van der Waals surface area (Å²) in [6.45, 7) is 6.65. The van der Waals surface area contributed by atoms with Crippen molar-refractivity contribution in [2.45, 2.75) is 38.8 Å². The molecule has 0 radical (unpaired) electrons. The number of nitrogens with one attached hydrogen (secondary N) is 2. The third-order valence-corrected chi connectivity index (χ3v) is 5.17. The van der Waals surface area contributed by atoms with Gasteiger partial charge in [-0.15, -0.1) is 0 Å². The van der Waals surface area contributed by atoms with Crippen LogP contribution in [0, 0.1) is 0 Å². The van der Waals surface area contributed by atoms with Crippen LogP contribution in [-0.2, 0) is 13.0 Å². The molecule has 1 aliphatic heterocycles. The van der Waals surface area contributed by atoms with Gasteiger partial charge in [-0.05, 0) is 42.7 Å². The molecule has 0 spiro atoms. The van der Waals surface area contributed by atoms with Crippen molar-refractivity contribution in [3.8, 4) is 11.5 Å². The van der Waals surface area contributed by atoms with Crippen molar-refractivity contribution in [1.29, 1.82) is 0 Å². The molecule has 1 aromatic carbocycles. The Morgan fingerprint density at radius 3 is 2.70 bits per heavy atom. The second kappa shape index (κ2) is 11.5. The summed E-state index contributed by atoms with van der Waals surface area (Å²) < 4.78 is 16.2. The maximum atomic E-state index is 5.41. The van der Waals surface area contributed by atoms with Crippen LogP contribution in [-0.4, -0.2) is 57.3 Å². The molecule has 1 aliphatic rings. The van der Waals surface area contributed by atoms with E-state index in [1.54, 1.807) is 20.5 Å². The van der Waals surface area contributed by atoms with E-state index in [4.69, 9.17) is 18.9 Å². The Morgan fingerprint density at radius 2 is 2.03 bits per heavy atom. The summed E-state index contributed by atoms with van der Waals surface area (Å²) in [6.07, 6.45) is 4.67. The first kappa shape index (κ1) is 22.0. The second-order valence-corrected chi connectivity index (χ2v) is 7.57. The summed E-state index contributed by atoms with van der Waals surface area (Å²) in [4.78, 5) is 7.14. The molecule has 7 heteroatoms. The minimum absolute atomic E-state index is 0.379. The molecular formula is C23H34N4O3. The number of ether oxygens (including phenoxy) is 2. The van der Waals surface area contributed by atoms with Gasteiger partial charge in [0, 0.05) is 51.3 Å². The van der Waals surface area contributed by atoms with E-state index in [-0.39, 0.29) is 0 Å². The molecule has 7 nitrogen and oxygen atoms in total. The van der Waals surface area contributed by atoms with Crippen LogP contribution >= 0.6 is 0 Å². The van der Waals surface area contributed by atoms with Crippen molar-refractivity contribution in [3.63, 3.8) is 0 Å². The van der Waals surface area contributed by atoms with Gasteiger partial charge in [-0.1, -0.05) is 6.92 Å². The number of hydrogen-bond acceptors (Lipinski definition) is 5. The fourth-order valence-corrected chi connectivity index (χ4v) is 3.64. The Morgan fingerprint density at radius 1 is 1.23 bits per heavy atom. The van der Waals surface area contributed by atoms with Crippen LogP contribution < -0.4 is 20.1 Å². The third kappa shape index (κ3) is 6.69. The van der Waals surface area contributed by atoms with Gasteiger partial charge in [0.05, 0.1) is 20.5 Å². The van der Waals surface area contributed by atoms with Gasteiger partial charge in [0.1, 0.15) is 17.3 Å². The van der Waals surface area contributed by atoms with Crippen LogP contribution in [0.15, 0.2) is 46.0 Å². The van der Waals surface area contributed by atoms with Gasteiger partial charge in [0.15, 0.2) is 5.96 Å². The summed E-state index contributed by atoms with van der Waals surface area (Å²) in [5, 5.41) is 7.05. The highest BCUT2D eigenvalue weighted by Gasteiger charge is 2.23. The predicted octanol–water partition coefficient (Wildman–Crippen LogP) is 3.06. The van der Waals surface area contributed by atoms with Gasteiger partial charge in [-0.3, -0.25) is 9.89 Å². The Hall–Kier alpha value is -2.67. The third-order valence-electron chi connectivity index (χ3n) is 5.17. The number of aliphatic imine (C=N–C) groups is 1. The van der Waals surface area contributed by atoms with E-state index in [1.807, 2.05) is 18.2 Å². The van der Waals surface area contributed by atoms with Crippen LogP contribution in [0.3, 0.4) is 0 Å². The van der Waals surface area contributed by atoms with E-state index in [1.165, 1.54) is 5.56 Å². The zero-order valence-corrected chi connectivity index (χ0v) is 18.3. The number of furan rings is 1.